The molecule has 0 aliphatic heterocycles. The first-order chi connectivity index (χ1) is 9.86. The molecule has 1 heterocycles. The Kier molecular flexibility index (Phi) is 3.78. The summed E-state index contributed by atoms with van der Waals surface area (Å²) in [5.41, 5.74) is 4.14. The number of nitrogens with zero attached hydrogens (tertiary/aromatic N) is 2. The zero-order valence-corrected chi connectivity index (χ0v) is 11.5. The van der Waals surface area contributed by atoms with Gasteiger partial charge in [0.25, 0.3) is 0 Å². The fraction of sp³-hybridized carbons (Fsp3) is 0.333. The molecule has 1 aromatic carbocycles. The van der Waals surface area contributed by atoms with Crippen molar-refractivity contribution in [3.05, 3.63) is 53.7 Å². The van der Waals surface area contributed by atoms with E-state index < -0.39 is 0 Å². The van der Waals surface area contributed by atoms with E-state index in [2.05, 4.69) is 35.3 Å². The minimum atomic E-state index is 0.609. The molecule has 1 aliphatic rings. The predicted molar refractivity (Wildman–Crippen MR) is 80.2 cm³/mol. The van der Waals surface area contributed by atoms with Crippen LogP contribution in [-0.2, 0) is 0 Å². The zero-order chi connectivity index (χ0) is 13.8. The van der Waals surface area contributed by atoms with E-state index in [4.69, 9.17) is 5.26 Å². The van der Waals surface area contributed by atoms with E-state index >= 15 is 0 Å². The van der Waals surface area contributed by atoms with Crippen molar-refractivity contribution < 1.29 is 0 Å². The molecule has 100 valence electrons. The molecule has 1 aromatic heterocycles. The largest absolute Gasteiger partial charge is 0.255 e. The van der Waals surface area contributed by atoms with Crippen molar-refractivity contribution in [1.82, 2.24) is 4.98 Å². The van der Waals surface area contributed by atoms with Crippen LogP contribution in [0, 0.1) is 11.3 Å². The summed E-state index contributed by atoms with van der Waals surface area (Å²) in [7, 11) is 0. The third-order valence-electron chi connectivity index (χ3n) is 4.15. The van der Waals surface area contributed by atoms with Crippen molar-refractivity contribution in [3.63, 3.8) is 0 Å². The van der Waals surface area contributed by atoms with Crippen molar-refractivity contribution >= 4 is 0 Å². The van der Waals surface area contributed by atoms with E-state index in [1.807, 2.05) is 12.1 Å². The molecule has 2 nitrogen and oxygen atoms in total. The maximum absolute atomic E-state index is 8.82. The molecule has 0 radical (unpaired) electrons. The van der Waals surface area contributed by atoms with Gasteiger partial charge in [-0.2, -0.15) is 5.26 Å². The lowest BCUT2D eigenvalue weighted by atomic mass is 9.83. The lowest BCUT2D eigenvalue weighted by Crippen LogP contribution is -2.04. The van der Waals surface area contributed by atoms with Crippen molar-refractivity contribution in [2.75, 3.05) is 0 Å². The van der Waals surface area contributed by atoms with Crippen molar-refractivity contribution in [1.29, 1.82) is 5.26 Å². The molecule has 0 amide bonds. The summed E-state index contributed by atoms with van der Waals surface area (Å²) < 4.78 is 0. The quantitative estimate of drug-likeness (QED) is 0.788. The summed E-state index contributed by atoms with van der Waals surface area (Å²) in [6, 6.07) is 14.6. The van der Waals surface area contributed by atoms with Crippen LogP contribution >= 0.6 is 0 Å². The average Bonchev–Trinajstić information content (AvgIpc) is 2.56. The Bertz CT molecular complexity index is 617. The molecule has 1 fully saturated rings. The molecule has 0 saturated heterocycles. The number of hydrogen-bond donors (Lipinski definition) is 0. The Balaban J connectivity index is 1.88. The van der Waals surface area contributed by atoms with Crippen LogP contribution in [0.4, 0.5) is 0 Å². The number of hydrogen-bond acceptors (Lipinski definition) is 2. The molecule has 1 saturated carbocycles. The van der Waals surface area contributed by atoms with Gasteiger partial charge in [-0.15, -0.1) is 0 Å². The molecule has 1 aliphatic carbocycles. The normalized spacial score (nSPS) is 15.8. The van der Waals surface area contributed by atoms with Gasteiger partial charge < -0.3 is 0 Å². The summed E-state index contributed by atoms with van der Waals surface area (Å²) in [6.45, 7) is 0. The SMILES string of the molecule is N#Cc1ccc(-c2cccc(C3CCCCC3)c2)nc1. The first-order valence-electron chi connectivity index (χ1n) is 7.33. The Hall–Kier alpha value is -2.14. The highest BCUT2D eigenvalue weighted by Gasteiger charge is 2.15. The first kappa shape index (κ1) is 12.9. The molecule has 0 bridgehead atoms. The van der Waals surface area contributed by atoms with Crippen LogP contribution in [0.3, 0.4) is 0 Å². The lowest BCUT2D eigenvalue weighted by Gasteiger charge is -2.22. The smallest absolute Gasteiger partial charge is 0.101 e. The Morgan fingerprint density at radius 1 is 1.05 bits per heavy atom. The predicted octanol–water partition coefficient (Wildman–Crippen LogP) is 4.67. The fourth-order valence-corrected chi connectivity index (χ4v) is 3.02. The molecular formula is C18H18N2. The highest BCUT2D eigenvalue weighted by atomic mass is 14.7. The maximum Gasteiger partial charge on any atom is 0.101 e. The standard InChI is InChI=1S/C18H18N2/c19-12-14-9-10-18(20-13-14)17-8-4-7-16(11-17)15-5-2-1-3-6-15/h4,7-11,13,15H,1-3,5-6H2. The summed E-state index contributed by atoms with van der Waals surface area (Å²) in [4.78, 5) is 4.38. The van der Waals surface area contributed by atoms with Gasteiger partial charge in [0.1, 0.15) is 6.07 Å². The molecular weight excluding hydrogens is 244 g/mol. The second kappa shape index (κ2) is 5.88. The number of aromatic nitrogens is 1. The van der Waals surface area contributed by atoms with Crippen LogP contribution in [0.1, 0.15) is 49.1 Å². The van der Waals surface area contributed by atoms with Crippen molar-refractivity contribution in [3.8, 4) is 17.3 Å². The third-order valence-corrected chi connectivity index (χ3v) is 4.15. The van der Waals surface area contributed by atoms with Gasteiger partial charge in [-0.05, 0) is 42.5 Å². The maximum atomic E-state index is 8.82. The van der Waals surface area contributed by atoms with Crippen molar-refractivity contribution in [2.45, 2.75) is 38.0 Å². The van der Waals surface area contributed by atoms with E-state index in [-0.39, 0.29) is 0 Å². The Labute approximate surface area is 120 Å². The van der Waals surface area contributed by atoms with Crippen LogP contribution in [0.15, 0.2) is 42.6 Å². The molecule has 0 atom stereocenters. The van der Waals surface area contributed by atoms with Gasteiger partial charge in [0.2, 0.25) is 0 Å². The van der Waals surface area contributed by atoms with Gasteiger partial charge >= 0.3 is 0 Å². The van der Waals surface area contributed by atoms with E-state index in [0.717, 1.165) is 11.3 Å². The molecule has 3 rings (SSSR count). The van der Waals surface area contributed by atoms with Crippen LogP contribution in [-0.4, -0.2) is 4.98 Å². The number of pyridine rings is 1. The van der Waals surface area contributed by atoms with E-state index in [9.17, 15) is 0 Å². The number of nitriles is 1. The van der Waals surface area contributed by atoms with E-state index in [0.29, 0.717) is 11.5 Å². The summed E-state index contributed by atoms with van der Waals surface area (Å²) in [5, 5.41) is 8.82. The average molecular weight is 262 g/mol. The topological polar surface area (TPSA) is 36.7 Å². The summed E-state index contributed by atoms with van der Waals surface area (Å²) in [5.74, 6) is 0.710. The Morgan fingerprint density at radius 3 is 2.60 bits per heavy atom. The Morgan fingerprint density at radius 2 is 1.90 bits per heavy atom. The van der Waals surface area contributed by atoms with Crippen LogP contribution in [0.5, 0.6) is 0 Å². The highest BCUT2D eigenvalue weighted by Crippen LogP contribution is 2.34. The molecule has 2 aromatic rings. The van der Waals surface area contributed by atoms with E-state index in [1.54, 1.807) is 6.20 Å². The van der Waals surface area contributed by atoms with Gasteiger partial charge in [-0.1, -0.05) is 37.5 Å². The molecule has 0 spiro atoms. The third kappa shape index (κ3) is 2.72. The van der Waals surface area contributed by atoms with Gasteiger partial charge in [-0.25, -0.2) is 0 Å². The number of rotatable bonds is 2. The van der Waals surface area contributed by atoms with Gasteiger partial charge in [0, 0.05) is 11.8 Å². The molecule has 20 heavy (non-hydrogen) atoms. The highest BCUT2D eigenvalue weighted by molar-refractivity contribution is 5.60. The second-order valence-electron chi connectivity index (χ2n) is 5.50. The molecule has 2 heteroatoms. The molecule has 0 unspecified atom stereocenters. The second-order valence-corrected chi connectivity index (χ2v) is 5.50. The van der Waals surface area contributed by atoms with Gasteiger partial charge in [0.15, 0.2) is 0 Å². The van der Waals surface area contributed by atoms with Crippen LogP contribution < -0.4 is 0 Å². The molecule has 0 N–H and O–H groups in total. The van der Waals surface area contributed by atoms with E-state index in [1.165, 1.54) is 37.7 Å². The minimum absolute atomic E-state index is 0.609. The zero-order valence-electron chi connectivity index (χ0n) is 11.5. The first-order valence-corrected chi connectivity index (χ1v) is 7.33. The summed E-state index contributed by atoms with van der Waals surface area (Å²) in [6.07, 6.45) is 8.35. The number of benzene rings is 1. The fourth-order valence-electron chi connectivity index (χ4n) is 3.02. The monoisotopic (exact) mass is 262 g/mol. The summed E-state index contributed by atoms with van der Waals surface area (Å²) >= 11 is 0. The van der Waals surface area contributed by atoms with Gasteiger partial charge in [0.05, 0.1) is 11.3 Å². The van der Waals surface area contributed by atoms with Crippen LogP contribution in [0.2, 0.25) is 0 Å². The lowest BCUT2D eigenvalue weighted by molar-refractivity contribution is 0.443. The van der Waals surface area contributed by atoms with Crippen LogP contribution in [0.25, 0.3) is 11.3 Å². The minimum Gasteiger partial charge on any atom is -0.255 e. The van der Waals surface area contributed by atoms with Gasteiger partial charge in [-0.3, -0.25) is 4.98 Å². The van der Waals surface area contributed by atoms with Crippen molar-refractivity contribution in [2.24, 2.45) is 0 Å².